The molecule has 5 unspecified atom stereocenters. The number of hydrogen-bond donors (Lipinski definition) is 3. The molecule has 8 nitrogen and oxygen atoms in total. The first kappa shape index (κ1) is 61.4. The Morgan fingerprint density at radius 2 is 0.597 bits per heavy atom. The maximum absolute atomic E-state index is 15.2. The zero-order chi connectivity index (χ0) is 54.5. The summed E-state index contributed by atoms with van der Waals surface area (Å²) in [6.45, 7) is 0. The van der Waals surface area contributed by atoms with Crippen molar-refractivity contribution < 1.29 is 187 Å². The van der Waals surface area contributed by atoms with E-state index in [1.807, 2.05) is 4.74 Å². The summed E-state index contributed by atoms with van der Waals surface area (Å²) in [5.41, 5.74) is -1.76. The van der Waals surface area contributed by atoms with Gasteiger partial charge < -0.3 is 15.8 Å². The topological polar surface area (TPSA) is 113 Å². The number of halogens is 35. The molecule has 1 rings (SSSR count). The van der Waals surface area contributed by atoms with Gasteiger partial charge in [-0.1, -0.05) is 12.1 Å². The molecule has 1 aromatic rings. The summed E-state index contributed by atoms with van der Waals surface area (Å²) in [7, 11) is -2.93. The number of benzene rings is 1. The third kappa shape index (κ3) is 10.3. The molecule has 0 spiro atoms. The minimum Gasteiger partial charge on any atom is -0.423 e. The summed E-state index contributed by atoms with van der Waals surface area (Å²) < 4.78 is 486. The number of alkyl halides is 35. The van der Waals surface area contributed by atoms with Gasteiger partial charge in [0, 0.05) is 11.3 Å². The van der Waals surface area contributed by atoms with Crippen molar-refractivity contribution in [1.82, 2.24) is 0 Å². The molecule has 5 atom stereocenters. The SMILES string of the molecule is Nc1cc(B(O)O)ccc1C(F)(OC(F)(F)C(F)(OC(F)(F)C(F)(OC(F)(F)C(F)(OC(F)(F)C(F)(OC(F)(F)C(F)(F)C(F)(F)F)C(F)(F)F)C(F)(F)F)C(F)(F)F)C(F)(F)F)C(F)(F)F. The molecule has 0 aromatic heterocycles. The third-order valence-electron chi connectivity index (χ3n) is 7.11. The summed E-state index contributed by atoms with van der Waals surface area (Å²) in [4.78, 5) is 0. The van der Waals surface area contributed by atoms with Gasteiger partial charge in [-0.15, -0.1) is 0 Å². The van der Waals surface area contributed by atoms with Crippen molar-refractivity contribution in [3.05, 3.63) is 23.8 Å². The Hall–Kier alpha value is -3.65. The van der Waals surface area contributed by atoms with Crippen molar-refractivity contribution in [3.8, 4) is 0 Å². The van der Waals surface area contributed by atoms with Crippen LogP contribution < -0.4 is 11.2 Å². The van der Waals surface area contributed by atoms with Gasteiger partial charge in [0.1, 0.15) is 0 Å². The third-order valence-corrected chi connectivity index (χ3v) is 7.11. The quantitative estimate of drug-likeness (QED) is 0.0804. The number of hydrogen-bond acceptors (Lipinski definition) is 8. The molecule has 67 heavy (non-hydrogen) atoms. The van der Waals surface area contributed by atoms with Gasteiger partial charge in [-0.05, 0) is 11.5 Å². The summed E-state index contributed by atoms with van der Waals surface area (Å²) in [5, 5.41) is 17.8. The average molecular weight is 1090 g/mol. The predicted octanol–water partition coefficient (Wildman–Crippen LogP) is 9.79. The summed E-state index contributed by atoms with van der Waals surface area (Å²) >= 11 is 0. The van der Waals surface area contributed by atoms with Crippen LogP contribution in [0.5, 0.6) is 0 Å². The smallest absolute Gasteiger partial charge is 0.423 e. The second-order valence-electron chi connectivity index (χ2n) is 11.9. The highest BCUT2D eigenvalue weighted by atomic mass is 19.5. The van der Waals surface area contributed by atoms with Gasteiger partial charge in [-0.3, -0.25) is 23.7 Å². The van der Waals surface area contributed by atoms with E-state index in [9.17, 15) is 149 Å². The Morgan fingerprint density at radius 3 is 0.806 bits per heavy atom. The number of ether oxygens (including phenoxy) is 5. The van der Waals surface area contributed by atoms with Crippen LogP contribution in [0, 0.1) is 0 Å². The minimum absolute atomic E-state index is 0.301. The van der Waals surface area contributed by atoms with Crippen LogP contribution in [-0.2, 0) is 29.5 Å². The van der Waals surface area contributed by atoms with Gasteiger partial charge >= 0.3 is 110 Å². The average Bonchev–Trinajstić information content (AvgIpc) is 3.03. The van der Waals surface area contributed by atoms with Crippen molar-refractivity contribution in [2.45, 2.75) is 103 Å². The van der Waals surface area contributed by atoms with Crippen LogP contribution in [0.15, 0.2) is 18.2 Å². The van der Waals surface area contributed by atoms with E-state index in [1.54, 1.807) is 0 Å². The van der Waals surface area contributed by atoms with Crippen molar-refractivity contribution in [1.29, 1.82) is 0 Å². The molecule has 0 aliphatic carbocycles. The Morgan fingerprint density at radius 1 is 0.343 bits per heavy atom. The van der Waals surface area contributed by atoms with Crippen LogP contribution in [0.1, 0.15) is 5.56 Å². The van der Waals surface area contributed by atoms with Crippen LogP contribution in [0.25, 0.3) is 0 Å². The fourth-order valence-electron chi connectivity index (χ4n) is 3.80. The highest BCUT2D eigenvalue weighted by Crippen LogP contribution is 2.63. The van der Waals surface area contributed by atoms with E-state index >= 15 is 4.39 Å². The van der Waals surface area contributed by atoms with Crippen LogP contribution in [-0.4, -0.2) is 114 Å². The van der Waals surface area contributed by atoms with E-state index in [0.717, 1.165) is 18.9 Å². The summed E-state index contributed by atoms with van der Waals surface area (Å²) in [5.74, 6) is -53.2. The zero-order valence-electron chi connectivity index (χ0n) is 29.1. The van der Waals surface area contributed by atoms with Crippen molar-refractivity contribution in [2.24, 2.45) is 0 Å². The van der Waals surface area contributed by atoms with E-state index in [2.05, 4.69) is 0 Å². The van der Waals surface area contributed by atoms with Gasteiger partial charge in [0.2, 0.25) is 0 Å². The summed E-state index contributed by atoms with van der Waals surface area (Å²) in [6, 6.07) is -1.48. The second kappa shape index (κ2) is 16.8. The van der Waals surface area contributed by atoms with Crippen molar-refractivity contribution in [3.63, 3.8) is 0 Å². The van der Waals surface area contributed by atoms with E-state index in [4.69, 9.17) is 15.8 Å². The molecule has 0 aliphatic heterocycles. The Balaban J connectivity index is 4.24. The molecule has 0 bridgehead atoms. The van der Waals surface area contributed by atoms with E-state index in [-0.39, 0.29) is 12.1 Å². The highest BCUT2D eigenvalue weighted by Gasteiger charge is 2.91. The van der Waals surface area contributed by atoms with Gasteiger partial charge in [0.25, 0.3) is 0 Å². The first-order valence-corrected chi connectivity index (χ1v) is 14.5. The molecule has 0 saturated carbocycles. The highest BCUT2D eigenvalue weighted by molar-refractivity contribution is 6.58. The molecule has 0 saturated heterocycles. The zero-order valence-corrected chi connectivity index (χ0v) is 29.1. The normalized spacial score (nSPS) is 19.8. The maximum atomic E-state index is 15.2. The van der Waals surface area contributed by atoms with Crippen LogP contribution >= 0.6 is 0 Å². The molecule has 44 heteroatoms. The van der Waals surface area contributed by atoms with Crippen LogP contribution in [0.3, 0.4) is 0 Å². The summed E-state index contributed by atoms with van der Waals surface area (Å²) in [6.07, 6.45) is -97.9. The predicted molar refractivity (Wildman–Crippen MR) is 130 cm³/mol. The van der Waals surface area contributed by atoms with Crippen molar-refractivity contribution >= 4 is 18.3 Å². The first-order valence-electron chi connectivity index (χ1n) is 14.5. The van der Waals surface area contributed by atoms with Crippen molar-refractivity contribution in [2.75, 3.05) is 5.73 Å². The molecule has 0 radical (unpaired) electrons. The molecule has 394 valence electrons. The van der Waals surface area contributed by atoms with Gasteiger partial charge in [0.05, 0.1) is 0 Å². The molecular formula is C23H7BF35NO7. The lowest BCUT2D eigenvalue weighted by Gasteiger charge is -2.44. The first-order chi connectivity index (χ1) is 28.6. The second-order valence-corrected chi connectivity index (χ2v) is 11.9. The van der Waals surface area contributed by atoms with E-state index in [1.165, 1.54) is 0 Å². The molecule has 0 aliphatic rings. The number of nitrogen functional groups attached to an aromatic ring is 1. The lowest BCUT2D eigenvalue weighted by molar-refractivity contribution is -0.601. The Bertz CT molecular complexity index is 1910. The fourth-order valence-corrected chi connectivity index (χ4v) is 3.80. The number of nitrogens with two attached hydrogens (primary N) is 1. The van der Waals surface area contributed by atoms with E-state index < -0.39 is 133 Å². The minimum atomic E-state index is -9.62. The van der Waals surface area contributed by atoms with Gasteiger partial charge in [-0.2, -0.15) is 154 Å². The molecule has 1 aromatic carbocycles. The Kier molecular flexibility index (Phi) is 15.3. The molecule has 0 fully saturated rings. The number of anilines is 1. The van der Waals surface area contributed by atoms with Gasteiger partial charge in [-0.25, -0.2) is 0 Å². The molecular weight excluding hydrogens is 1080 g/mol. The largest absolute Gasteiger partial charge is 0.488 e. The van der Waals surface area contributed by atoms with Gasteiger partial charge in [0.15, 0.2) is 0 Å². The molecule has 0 heterocycles. The lowest BCUT2D eigenvalue weighted by Crippen LogP contribution is -2.72. The monoisotopic (exact) mass is 1080 g/mol. The fraction of sp³-hybridized carbons (Fsp3) is 0.739. The lowest BCUT2D eigenvalue weighted by atomic mass is 9.79. The van der Waals surface area contributed by atoms with Crippen LogP contribution in [0.4, 0.5) is 159 Å². The molecule has 0 amide bonds. The number of rotatable bonds is 17. The standard InChI is InChI=1S/C23H7BF35NO7/c25-7(13(32,33)34,5-2-1-4(24(61)62)3-6(5)60)63-20(52,53)9(28,15(38,39)40)65-22(56,57)11(30,17(44,45)46)67-23(58,59)12(31,18(47,48)49)66-21(54,55)10(29,16(41,42)43)64-19(50,51)8(26,27)14(35,36)37/h1-3,61-62H,60H2. The van der Waals surface area contributed by atoms with E-state index in [0.29, 0.717) is 0 Å². The maximum Gasteiger partial charge on any atom is 0.488 e. The van der Waals surface area contributed by atoms with Crippen LogP contribution in [0.2, 0.25) is 0 Å². The molecule has 4 N–H and O–H groups in total. The Labute approximate surface area is 339 Å².